The topological polar surface area (TPSA) is 41.1 Å². The fourth-order valence-corrected chi connectivity index (χ4v) is 2.09. The number of pyridine rings is 2. The highest BCUT2D eigenvalue weighted by atomic mass is 15.1. The van der Waals surface area contributed by atoms with Crippen LogP contribution in [0, 0.1) is 0 Å². The fraction of sp³-hybridized carbons (Fsp3) is 0.333. The van der Waals surface area contributed by atoms with Gasteiger partial charge in [0.05, 0.1) is 0 Å². The molecule has 2 heterocycles. The molecule has 0 radical (unpaired) electrons. The van der Waals surface area contributed by atoms with Crippen molar-refractivity contribution in [1.82, 2.24) is 15.3 Å². The second-order valence-electron chi connectivity index (χ2n) is 4.56. The van der Waals surface area contributed by atoms with Crippen LogP contribution in [0.2, 0.25) is 0 Å². The highest BCUT2D eigenvalue weighted by Gasteiger charge is 2.06. The van der Waals surface area contributed by atoms with Crippen LogP contribution in [0.3, 0.4) is 0 Å². The molecule has 0 bridgehead atoms. The smallest absolute Gasteiger partial charge is 0.0440 e. The number of rotatable bonds is 6. The average molecular weight is 256 g/mol. The van der Waals surface area contributed by atoms with Crippen LogP contribution in [0.5, 0.6) is 0 Å². The standard InChI is InChI=1S/C15H20N4/c1-16-11-14-12-18-9-5-15(14)19(2)10-6-13-3-7-17-8-4-13/h3-5,7-9,12,16H,6,10-11H2,1-2H3. The summed E-state index contributed by atoms with van der Waals surface area (Å²) in [5.74, 6) is 0. The van der Waals surface area contributed by atoms with Crippen LogP contribution in [0.25, 0.3) is 0 Å². The molecule has 100 valence electrons. The fourth-order valence-electron chi connectivity index (χ4n) is 2.09. The first-order valence-corrected chi connectivity index (χ1v) is 6.49. The zero-order valence-corrected chi connectivity index (χ0v) is 11.5. The Bertz CT molecular complexity index is 499. The van der Waals surface area contributed by atoms with Crippen molar-refractivity contribution in [3.63, 3.8) is 0 Å². The van der Waals surface area contributed by atoms with Gasteiger partial charge < -0.3 is 10.2 Å². The van der Waals surface area contributed by atoms with Gasteiger partial charge in [-0.05, 0) is 37.2 Å². The third-order valence-electron chi connectivity index (χ3n) is 3.14. The normalized spacial score (nSPS) is 10.4. The van der Waals surface area contributed by atoms with Gasteiger partial charge in [-0.2, -0.15) is 0 Å². The SMILES string of the molecule is CNCc1cnccc1N(C)CCc1ccncc1. The number of nitrogens with zero attached hydrogens (tertiary/aromatic N) is 3. The van der Waals surface area contributed by atoms with E-state index in [1.165, 1.54) is 16.8 Å². The summed E-state index contributed by atoms with van der Waals surface area (Å²) in [6.07, 6.45) is 8.47. The van der Waals surface area contributed by atoms with Gasteiger partial charge in [0.1, 0.15) is 0 Å². The number of hydrogen-bond donors (Lipinski definition) is 1. The summed E-state index contributed by atoms with van der Waals surface area (Å²) in [5.41, 5.74) is 3.77. The lowest BCUT2D eigenvalue weighted by Crippen LogP contribution is -2.22. The van der Waals surface area contributed by atoms with E-state index in [1.54, 1.807) is 0 Å². The van der Waals surface area contributed by atoms with Crippen molar-refractivity contribution in [2.24, 2.45) is 0 Å². The first-order valence-electron chi connectivity index (χ1n) is 6.49. The molecule has 0 saturated heterocycles. The zero-order valence-electron chi connectivity index (χ0n) is 11.5. The van der Waals surface area contributed by atoms with Gasteiger partial charge in [-0.1, -0.05) is 0 Å². The zero-order chi connectivity index (χ0) is 13.5. The number of hydrogen-bond acceptors (Lipinski definition) is 4. The quantitative estimate of drug-likeness (QED) is 0.856. The third kappa shape index (κ3) is 3.76. The maximum Gasteiger partial charge on any atom is 0.0440 e. The molecular formula is C15H20N4. The van der Waals surface area contributed by atoms with E-state index >= 15 is 0 Å². The van der Waals surface area contributed by atoms with Gasteiger partial charge in [-0.25, -0.2) is 0 Å². The maximum absolute atomic E-state index is 4.19. The Morgan fingerprint density at radius 2 is 1.84 bits per heavy atom. The van der Waals surface area contributed by atoms with E-state index in [0.29, 0.717) is 0 Å². The monoisotopic (exact) mass is 256 g/mol. The van der Waals surface area contributed by atoms with E-state index in [9.17, 15) is 0 Å². The summed E-state index contributed by atoms with van der Waals surface area (Å²) >= 11 is 0. The Balaban J connectivity index is 2.01. The molecule has 2 aromatic heterocycles. The minimum atomic E-state index is 0.836. The Morgan fingerprint density at radius 3 is 2.58 bits per heavy atom. The van der Waals surface area contributed by atoms with Gasteiger partial charge in [0.2, 0.25) is 0 Å². The Kier molecular flexibility index (Phi) is 4.86. The van der Waals surface area contributed by atoms with Crippen LogP contribution in [0.1, 0.15) is 11.1 Å². The number of likely N-dealkylation sites (N-methyl/N-ethyl adjacent to an activating group) is 1. The van der Waals surface area contributed by atoms with Crippen molar-refractivity contribution in [2.75, 3.05) is 25.5 Å². The molecular weight excluding hydrogens is 236 g/mol. The number of aromatic nitrogens is 2. The molecule has 19 heavy (non-hydrogen) atoms. The summed E-state index contributed by atoms with van der Waals surface area (Å²) < 4.78 is 0. The number of anilines is 1. The highest BCUT2D eigenvalue weighted by molar-refractivity contribution is 5.51. The molecule has 0 aliphatic rings. The molecule has 0 fully saturated rings. The summed E-state index contributed by atoms with van der Waals surface area (Å²) in [6.45, 7) is 1.81. The van der Waals surface area contributed by atoms with E-state index in [-0.39, 0.29) is 0 Å². The molecule has 0 unspecified atom stereocenters. The van der Waals surface area contributed by atoms with Crippen molar-refractivity contribution in [2.45, 2.75) is 13.0 Å². The third-order valence-corrected chi connectivity index (χ3v) is 3.14. The van der Waals surface area contributed by atoms with Crippen LogP contribution < -0.4 is 10.2 Å². The molecule has 0 aliphatic carbocycles. The predicted octanol–water partition coefficient (Wildman–Crippen LogP) is 1.87. The predicted molar refractivity (Wildman–Crippen MR) is 78.2 cm³/mol. The minimum Gasteiger partial charge on any atom is -0.374 e. The van der Waals surface area contributed by atoms with Crippen molar-refractivity contribution in [1.29, 1.82) is 0 Å². The molecule has 0 aromatic carbocycles. The lowest BCUT2D eigenvalue weighted by molar-refractivity contribution is 0.796. The van der Waals surface area contributed by atoms with Crippen LogP contribution in [-0.4, -0.2) is 30.6 Å². The van der Waals surface area contributed by atoms with Crippen molar-refractivity contribution >= 4 is 5.69 Å². The first kappa shape index (κ1) is 13.5. The van der Waals surface area contributed by atoms with Crippen LogP contribution in [-0.2, 0) is 13.0 Å². The molecule has 1 N–H and O–H groups in total. The van der Waals surface area contributed by atoms with Gasteiger partial charge in [0.15, 0.2) is 0 Å². The largest absolute Gasteiger partial charge is 0.374 e. The molecule has 4 nitrogen and oxygen atoms in total. The lowest BCUT2D eigenvalue weighted by atomic mass is 10.1. The van der Waals surface area contributed by atoms with Gasteiger partial charge >= 0.3 is 0 Å². The second kappa shape index (κ2) is 6.85. The second-order valence-corrected chi connectivity index (χ2v) is 4.56. The average Bonchev–Trinajstić information content (AvgIpc) is 2.47. The molecule has 0 atom stereocenters. The van der Waals surface area contributed by atoms with Crippen LogP contribution >= 0.6 is 0 Å². The molecule has 4 heteroatoms. The lowest BCUT2D eigenvalue weighted by Gasteiger charge is -2.22. The van der Waals surface area contributed by atoms with Gasteiger partial charge in [0.25, 0.3) is 0 Å². The Labute approximate surface area is 114 Å². The van der Waals surface area contributed by atoms with Crippen LogP contribution in [0.4, 0.5) is 5.69 Å². The van der Waals surface area contributed by atoms with E-state index in [0.717, 1.165) is 19.5 Å². The Morgan fingerprint density at radius 1 is 1.11 bits per heavy atom. The van der Waals surface area contributed by atoms with Gasteiger partial charge in [-0.15, -0.1) is 0 Å². The molecule has 0 spiro atoms. The van der Waals surface area contributed by atoms with E-state index in [2.05, 4.69) is 45.4 Å². The highest BCUT2D eigenvalue weighted by Crippen LogP contribution is 2.18. The summed E-state index contributed by atoms with van der Waals surface area (Å²) in [6, 6.07) is 6.20. The molecule has 2 rings (SSSR count). The maximum atomic E-state index is 4.19. The van der Waals surface area contributed by atoms with Crippen molar-refractivity contribution in [3.8, 4) is 0 Å². The van der Waals surface area contributed by atoms with E-state index < -0.39 is 0 Å². The van der Waals surface area contributed by atoms with Crippen LogP contribution in [0.15, 0.2) is 43.0 Å². The van der Waals surface area contributed by atoms with Gasteiger partial charge in [0, 0.05) is 56.2 Å². The first-order chi connectivity index (χ1) is 9.31. The van der Waals surface area contributed by atoms with Crippen molar-refractivity contribution < 1.29 is 0 Å². The van der Waals surface area contributed by atoms with Gasteiger partial charge in [-0.3, -0.25) is 9.97 Å². The Hall–Kier alpha value is -1.94. The van der Waals surface area contributed by atoms with E-state index in [4.69, 9.17) is 0 Å². The molecule has 0 amide bonds. The molecule has 2 aromatic rings. The summed E-state index contributed by atoms with van der Waals surface area (Å²) in [5, 5.41) is 3.18. The minimum absolute atomic E-state index is 0.836. The summed E-state index contributed by atoms with van der Waals surface area (Å²) in [4.78, 5) is 10.5. The molecule has 0 aliphatic heterocycles. The van der Waals surface area contributed by atoms with E-state index in [1.807, 2.05) is 31.8 Å². The van der Waals surface area contributed by atoms with Crippen molar-refractivity contribution in [3.05, 3.63) is 54.1 Å². The molecule has 0 saturated carbocycles. The summed E-state index contributed by atoms with van der Waals surface area (Å²) in [7, 11) is 4.07. The number of nitrogens with one attached hydrogen (secondary N) is 1.